The smallest absolute Gasteiger partial charge is 0.119 e. The fourth-order valence-corrected chi connectivity index (χ4v) is 1.52. The summed E-state index contributed by atoms with van der Waals surface area (Å²) in [6.45, 7) is 4.34. The van der Waals surface area contributed by atoms with Crippen molar-refractivity contribution in [2.45, 2.75) is 25.8 Å². The van der Waals surface area contributed by atoms with Gasteiger partial charge in [-0.05, 0) is 44.0 Å². The molecule has 0 bridgehead atoms. The highest BCUT2D eigenvalue weighted by Crippen LogP contribution is 2.19. The molecule has 3 nitrogen and oxygen atoms in total. The van der Waals surface area contributed by atoms with Crippen LogP contribution in [0.25, 0.3) is 0 Å². The number of hydrogen-bond acceptors (Lipinski definition) is 3. The Morgan fingerprint density at radius 3 is 2.31 bits per heavy atom. The molecule has 16 heavy (non-hydrogen) atoms. The third kappa shape index (κ3) is 3.74. The quantitative estimate of drug-likeness (QED) is 0.716. The Morgan fingerprint density at radius 1 is 1.12 bits per heavy atom. The van der Waals surface area contributed by atoms with Gasteiger partial charge in [0.2, 0.25) is 0 Å². The molecule has 0 heterocycles. The first-order valence-electron chi connectivity index (χ1n) is 5.97. The highest BCUT2D eigenvalue weighted by Gasteiger charge is 2.19. The van der Waals surface area contributed by atoms with E-state index in [0.717, 1.165) is 30.7 Å². The van der Waals surface area contributed by atoms with E-state index in [0.29, 0.717) is 6.61 Å². The number of hydrogen-bond donors (Lipinski definition) is 1. The van der Waals surface area contributed by atoms with Gasteiger partial charge in [0.1, 0.15) is 18.1 Å². The third-order valence-electron chi connectivity index (χ3n) is 2.52. The summed E-state index contributed by atoms with van der Waals surface area (Å²) in [5.74, 6) is 1.80. The second kappa shape index (κ2) is 5.75. The van der Waals surface area contributed by atoms with Crippen molar-refractivity contribution in [2.75, 3.05) is 19.8 Å². The zero-order chi connectivity index (χ0) is 11.2. The standard InChI is InChI=1S/C13H19NO2/c1-2-15-12-5-7-13(8-6-12)16-10-9-14-11-3-4-11/h5-8,11,14H,2-4,9-10H2,1H3. The molecule has 0 unspecified atom stereocenters. The highest BCUT2D eigenvalue weighted by atomic mass is 16.5. The van der Waals surface area contributed by atoms with Crippen LogP contribution in [0.2, 0.25) is 0 Å². The summed E-state index contributed by atoms with van der Waals surface area (Å²) in [7, 11) is 0. The molecular weight excluding hydrogens is 202 g/mol. The number of nitrogens with one attached hydrogen (secondary N) is 1. The second-order valence-corrected chi connectivity index (χ2v) is 3.98. The van der Waals surface area contributed by atoms with Gasteiger partial charge in [-0.3, -0.25) is 0 Å². The van der Waals surface area contributed by atoms with Crippen LogP contribution in [0.3, 0.4) is 0 Å². The Morgan fingerprint density at radius 2 is 1.75 bits per heavy atom. The molecular formula is C13H19NO2. The predicted octanol–water partition coefficient (Wildman–Crippen LogP) is 2.22. The zero-order valence-electron chi connectivity index (χ0n) is 9.74. The summed E-state index contributed by atoms with van der Waals surface area (Å²) in [5, 5.41) is 3.41. The van der Waals surface area contributed by atoms with Gasteiger partial charge in [-0.1, -0.05) is 0 Å². The van der Waals surface area contributed by atoms with E-state index >= 15 is 0 Å². The van der Waals surface area contributed by atoms with Gasteiger partial charge in [-0.15, -0.1) is 0 Å². The van der Waals surface area contributed by atoms with Crippen molar-refractivity contribution < 1.29 is 9.47 Å². The van der Waals surface area contributed by atoms with Crippen LogP contribution in [-0.4, -0.2) is 25.8 Å². The average Bonchev–Trinajstić information content (AvgIpc) is 3.11. The minimum absolute atomic E-state index is 0.700. The minimum atomic E-state index is 0.700. The first-order valence-corrected chi connectivity index (χ1v) is 5.97. The fraction of sp³-hybridized carbons (Fsp3) is 0.538. The predicted molar refractivity (Wildman–Crippen MR) is 64.1 cm³/mol. The molecule has 1 aromatic carbocycles. The molecule has 1 aliphatic carbocycles. The summed E-state index contributed by atoms with van der Waals surface area (Å²) in [4.78, 5) is 0. The van der Waals surface area contributed by atoms with Gasteiger partial charge in [0, 0.05) is 12.6 Å². The van der Waals surface area contributed by atoms with Crippen LogP contribution in [0.1, 0.15) is 19.8 Å². The molecule has 0 amide bonds. The SMILES string of the molecule is CCOc1ccc(OCCNC2CC2)cc1. The summed E-state index contributed by atoms with van der Waals surface area (Å²) in [6.07, 6.45) is 2.64. The number of benzene rings is 1. The summed E-state index contributed by atoms with van der Waals surface area (Å²) in [5.41, 5.74) is 0. The van der Waals surface area contributed by atoms with Crippen LogP contribution in [-0.2, 0) is 0 Å². The van der Waals surface area contributed by atoms with Crippen LogP contribution in [0.4, 0.5) is 0 Å². The molecule has 0 saturated heterocycles. The van der Waals surface area contributed by atoms with Crippen molar-refractivity contribution in [1.82, 2.24) is 5.32 Å². The second-order valence-electron chi connectivity index (χ2n) is 3.98. The van der Waals surface area contributed by atoms with E-state index in [2.05, 4.69) is 5.32 Å². The highest BCUT2D eigenvalue weighted by molar-refractivity contribution is 5.31. The molecule has 0 aromatic heterocycles. The lowest BCUT2D eigenvalue weighted by Crippen LogP contribution is -2.22. The van der Waals surface area contributed by atoms with Crippen molar-refractivity contribution in [1.29, 1.82) is 0 Å². The molecule has 88 valence electrons. The van der Waals surface area contributed by atoms with Gasteiger partial charge >= 0.3 is 0 Å². The van der Waals surface area contributed by atoms with Gasteiger partial charge in [0.25, 0.3) is 0 Å². The largest absolute Gasteiger partial charge is 0.494 e. The van der Waals surface area contributed by atoms with E-state index < -0.39 is 0 Å². The van der Waals surface area contributed by atoms with Gasteiger partial charge < -0.3 is 14.8 Å². The van der Waals surface area contributed by atoms with Crippen LogP contribution in [0.5, 0.6) is 11.5 Å². The van der Waals surface area contributed by atoms with E-state index in [1.165, 1.54) is 12.8 Å². The lowest BCUT2D eigenvalue weighted by Gasteiger charge is -2.08. The molecule has 0 spiro atoms. The molecule has 1 aliphatic rings. The van der Waals surface area contributed by atoms with Crippen LogP contribution < -0.4 is 14.8 Å². The van der Waals surface area contributed by atoms with Crippen molar-refractivity contribution in [3.8, 4) is 11.5 Å². The molecule has 0 atom stereocenters. The normalized spacial score (nSPS) is 14.8. The molecule has 1 N–H and O–H groups in total. The maximum atomic E-state index is 5.60. The van der Waals surface area contributed by atoms with Gasteiger partial charge in [-0.25, -0.2) is 0 Å². The Labute approximate surface area is 96.8 Å². The molecule has 1 aromatic rings. The van der Waals surface area contributed by atoms with Crippen molar-refractivity contribution in [3.05, 3.63) is 24.3 Å². The third-order valence-corrected chi connectivity index (χ3v) is 2.52. The Hall–Kier alpha value is -1.22. The van der Waals surface area contributed by atoms with Crippen LogP contribution >= 0.6 is 0 Å². The maximum absolute atomic E-state index is 5.60. The Balaban J connectivity index is 1.67. The van der Waals surface area contributed by atoms with Gasteiger partial charge in [0.05, 0.1) is 6.61 Å². The summed E-state index contributed by atoms with van der Waals surface area (Å²) >= 11 is 0. The fourth-order valence-electron chi connectivity index (χ4n) is 1.52. The van der Waals surface area contributed by atoms with Crippen molar-refractivity contribution in [2.24, 2.45) is 0 Å². The molecule has 1 fully saturated rings. The molecule has 2 rings (SSSR count). The lowest BCUT2D eigenvalue weighted by molar-refractivity contribution is 0.311. The zero-order valence-corrected chi connectivity index (χ0v) is 9.74. The topological polar surface area (TPSA) is 30.5 Å². The van der Waals surface area contributed by atoms with Crippen molar-refractivity contribution >= 4 is 0 Å². The first-order chi connectivity index (χ1) is 7.88. The summed E-state index contributed by atoms with van der Waals surface area (Å²) < 4.78 is 11.0. The maximum Gasteiger partial charge on any atom is 0.119 e. The van der Waals surface area contributed by atoms with E-state index in [1.54, 1.807) is 0 Å². The van der Waals surface area contributed by atoms with Gasteiger partial charge in [-0.2, -0.15) is 0 Å². The van der Waals surface area contributed by atoms with E-state index in [1.807, 2.05) is 31.2 Å². The Kier molecular flexibility index (Phi) is 4.05. The molecule has 0 radical (unpaired) electrons. The lowest BCUT2D eigenvalue weighted by atomic mass is 10.3. The van der Waals surface area contributed by atoms with E-state index in [-0.39, 0.29) is 0 Å². The number of rotatable bonds is 7. The Bertz CT molecular complexity index is 306. The summed E-state index contributed by atoms with van der Waals surface area (Å²) in [6, 6.07) is 8.52. The van der Waals surface area contributed by atoms with Crippen molar-refractivity contribution in [3.63, 3.8) is 0 Å². The molecule has 0 aliphatic heterocycles. The molecule has 3 heteroatoms. The van der Waals surface area contributed by atoms with Gasteiger partial charge in [0.15, 0.2) is 0 Å². The number of ether oxygens (including phenoxy) is 2. The minimum Gasteiger partial charge on any atom is -0.494 e. The van der Waals surface area contributed by atoms with Crippen LogP contribution in [0, 0.1) is 0 Å². The molecule has 1 saturated carbocycles. The monoisotopic (exact) mass is 221 g/mol. The van der Waals surface area contributed by atoms with E-state index in [4.69, 9.17) is 9.47 Å². The van der Waals surface area contributed by atoms with E-state index in [9.17, 15) is 0 Å². The van der Waals surface area contributed by atoms with Crippen LogP contribution in [0.15, 0.2) is 24.3 Å². The average molecular weight is 221 g/mol. The first kappa shape index (κ1) is 11.3.